The van der Waals surface area contributed by atoms with Gasteiger partial charge in [0.2, 0.25) is 0 Å². The molecule has 0 unspecified atom stereocenters. The average Bonchev–Trinajstić information content (AvgIpc) is 2.88. The van der Waals surface area contributed by atoms with Crippen molar-refractivity contribution >= 4 is 40.6 Å². The zero-order valence-corrected chi connectivity index (χ0v) is 16.7. The SMILES string of the molecule is CCCN1C(=O)C(c2ccc(Cl)cc2Cl)=C(N(C)Cc2ccccc2)C1=O. The van der Waals surface area contributed by atoms with Crippen molar-refractivity contribution < 1.29 is 9.59 Å². The number of hydrogen-bond acceptors (Lipinski definition) is 3. The summed E-state index contributed by atoms with van der Waals surface area (Å²) in [6.07, 6.45) is 0.689. The molecule has 0 N–H and O–H groups in total. The largest absolute Gasteiger partial charge is 0.365 e. The fraction of sp³-hybridized carbons (Fsp3) is 0.238. The molecular formula is C21H20Cl2N2O2. The van der Waals surface area contributed by atoms with Gasteiger partial charge in [0, 0.05) is 30.7 Å². The standard InChI is InChI=1S/C21H20Cl2N2O2/c1-3-11-25-20(26)18(16-10-9-15(22)12-17(16)23)19(21(25)27)24(2)13-14-7-5-4-6-8-14/h4-10,12H,3,11,13H2,1-2H3. The summed E-state index contributed by atoms with van der Waals surface area (Å²) in [7, 11) is 1.81. The molecule has 1 aliphatic heterocycles. The van der Waals surface area contributed by atoms with E-state index in [1.807, 2.05) is 49.2 Å². The summed E-state index contributed by atoms with van der Waals surface area (Å²) < 4.78 is 0. The zero-order chi connectivity index (χ0) is 19.6. The lowest BCUT2D eigenvalue weighted by atomic mass is 10.0. The first-order valence-corrected chi connectivity index (χ1v) is 9.50. The molecule has 0 spiro atoms. The first-order chi connectivity index (χ1) is 12.9. The first-order valence-electron chi connectivity index (χ1n) is 8.75. The number of halogens is 2. The van der Waals surface area contributed by atoms with E-state index in [4.69, 9.17) is 23.2 Å². The molecule has 0 saturated heterocycles. The maximum atomic E-state index is 13.0. The second-order valence-corrected chi connectivity index (χ2v) is 7.30. The van der Waals surface area contributed by atoms with Crippen molar-refractivity contribution in [2.24, 2.45) is 0 Å². The van der Waals surface area contributed by atoms with E-state index in [0.717, 1.165) is 5.56 Å². The number of hydrogen-bond donors (Lipinski definition) is 0. The Kier molecular flexibility index (Phi) is 5.88. The van der Waals surface area contributed by atoms with E-state index in [1.165, 1.54) is 4.90 Å². The Labute approximate surface area is 169 Å². The highest BCUT2D eigenvalue weighted by molar-refractivity contribution is 6.41. The second-order valence-electron chi connectivity index (χ2n) is 6.45. The van der Waals surface area contributed by atoms with Gasteiger partial charge < -0.3 is 4.90 Å². The van der Waals surface area contributed by atoms with Crippen LogP contribution in [-0.4, -0.2) is 35.2 Å². The summed E-state index contributed by atoms with van der Waals surface area (Å²) in [5.74, 6) is -0.609. The van der Waals surface area contributed by atoms with Crippen molar-refractivity contribution in [3.05, 3.63) is 75.4 Å². The molecule has 0 aliphatic carbocycles. The van der Waals surface area contributed by atoms with Gasteiger partial charge in [-0.15, -0.1) is 0 Å². The number of amides is 2. The van der Waals surface area contributed by atoms with Crippen LogP contribution in [-0.2, 0) is 16.1 Å². The van der Waals surface area contributed by atoms with E-state index < -0.39 is 0 Å². The lowest BCUT2D eigenvalue weighted by molar-refractivity contribution is -0.137. The van der Waals surface area contributed by atoms with Gasteiger partial charge in [-0.25, -0.2) is 0 Å². The fourth-order valence-corrected chi connectivity index (χ4v) is 3.72. The number of rotatable bonds is 6. The Morgan fingerprint density at radius 2 is 1.70 bits per heavy atom. The highest BCUT2D eigenvalue weighted by atomic mass is 35.5. The molecule has 4 nitrogen and oxygen atoms in total. The topological polar surface area (TPSA) is 40.6 Å². The molecule has 0 atom stereocenters. The van der Waals surface area contributed by atoms with Crippen molar-refractivity contribution in [3.8, 4) is 0 Å². The Hall–Kier alpha value is -2.30. The number of imide groups is 1. The number of likely N-dealkylation sites (N-methyl/N-ethyl adjacent to an activating group) is 1. The molecule has 6 heteroatoms. The van der Waals surface area contributed by atoms with Crippen LogP contribution in [0.5, 0.6) is 0 Å². The van der Waals surface area contributed by atoms with Crippen molar-refractivity contribution in [1.82, 2.24) is 9.80 Å². The van der Waals surface area contributed by atoms with Crippen LogP contribution in [0, 0.1) is 0 Å². The number of carbonyl (C=O) groups is 2. The van der Waals surface area contributed by atoms with Crippen LogP contribution >= 0.6 is 23.2 Å². The summed E-state index contributed by atoms with van der Waals surface area (Å²) >= 11 is 12.4. The van der Waals surface area contributed by atoms with Crippen molar-refractivity contribution in [3.63, 3.8) is 0 Å². The van der Waals surface area contributed by atoms with Gasteiger partial charge in [0.1, 0.15) is 5.70 Å². The van der Waals surface area contributed by atoms with Crippen molar-refractivity contribution in [2.45, 2.75) is 19.9 Å². The molecule has 1 aliphatic rings. The number of benzene rings is 2. The summed E-state index contributed by atoms with van der Waals surface area (Å²) in [5, 5.41) is 0.827. The normalized spacial score (nSPS) is 14.3. The Bertz CT molecular complexity index is 910. The van der Waals surface area contributed by atoms with Gasteiger partial charge in [-0.05, 0) is 24.1 Å². The van der Waals surface area contributed by atoms with Gasteiger partial charge in [0.15, 0.2) is 0 Å². The van der Waals surface area contributed by atoms with Gasteiger partial charge in [0.25, 0.3) is 11.8 Å². The summed E-state index contributed by atoms with van der Waals surface area (Å²) in [6.45, 7) is 2.81. The molecule has 0 radical (unpaired) electrons. The van der Waals surface area contributed by atoms with E-state index in [2.05, 4.69) is 0 Å². The molecule has 27 heavy (non-hydrogen) atoms. The van der Waals surface area contributed by atoms with E-state index in [0.29, 0.717) is 46.4 Å². The predicted octanol–water partition coefficient (Wildman–Crippen LogP) is 4.62. The second kappa shape index (κ2) is 8.15. The van der Waals surface area contributed by atoms with Crippen LogP contribution in [0.2, 0.25) is 10.0 Å². The van der Waals surface area contributed by atoms with Crippen LogP contribution in [0.15, 0.2) is 54.2 Å². The van der Waals surface area contributed by atoms with Crippen LogP contribution in [0.4, 0.5) is 0 Å². The lowest BCUT2D eigenvalue weighted by Crippen LogP contribution is -2.34. The summed E-state index contributed by atoms with van der Waals surface area (Å²) in [6, 6.07) is 14.7. The van der Waals surface area contributed by atoms with Crippen molar-refractivity contribution in [1.29, 1.82) is 0 Å². The molecule has 1 heterocycles. The maximum absolute atomic E-state index is 13.0. The third-order valence-electron chi connectivity index (χ3n) is 4.44. The molecule has 0 bridgehead atoms. The highest BCUT2D eigenvalue weighted by Crippen LogP contribution is 2.36. The third-order valence-corrected chi connectivity index (χ3v) is 4.98. The van der Waals surface area contributed by atoms with Gasteiger partial charge in [-0.2, -0.15) is 0 Å². The predicted molar refractivity (Wildman–Crippen MR) is 108 cm³/mol. The van der Waals surface area contributed by atoms with Crippen LogP contribution in [0.25, 0.3) is 5.57 Å². The minimum absolute atomic E-state index is 0.290. The number of carbonyl (C=O) groups excluding carboxylic acids is 2. The Morgan fingerprint density at radius 3 is 2.33 bits per heavy atom. The van der Waals surface area contributed by atoms with Gasteiger partial charge in [-0.1, -0.05) is 66.5 Å². The van der Waals surface area contributed by atoms with Crippen molar-refractivity contribution in [2.75, 3.05) is 13.6 Å². The van der Waals surface area contributed by atoms with Crippen LogP contribution < -0.4 is 0 Å². The van der Waals surface area contributed by atoms with Crippen LogP contribution in [0.3, 0.4) is 0 Å². The van der Waals surface area contributed by atoms with E-state index >= 15 is 0 Å². The maximum Gasteiger partial charge on any atom is 0.277 e. The summed E-state index contributed by atoms with van der Waals surface area (Å²) in [4.78, 5) is 29.2. The molecule has 0 saturated carbocycles. The van der Waals surface area contributed by atoms with Gasteiger partial charge in [0.05, 0.1) is 10.6 Å². The number of nitrogens with zero attached hydrogens (tertiary/aromatic N) is 2. The van der Waals surface area contributed by atoms with Gasteiger partial charge >= 0.3 is 0 Å². The molecule has 0 fully saturated rings. The highest BCUT2D eigenvalue weighted by Gasteiger charge is 2.40. The van der Waals surface area contributed by atoms with Gasteiger partial charge in [-0.3, -0.25) is 14.5 Å². The molecule has 2 aromatic rings. The van der Waals surface area contributed by atoms with E-state index in [1.54, 1.807) is 18.2 Å². The third kappa shape index (κ3) is 3.87. The molecule has 3 rings (SSSR count). The lowest BCUT2D eigenvalue weighted by Gasteiger charge is -2.21. The quantitative estimate of drug-likeness (QED) is 0.662. The Balaban J connectivity index is 2.08. The minimum atomic E-state index is -0.319. The molecule has 0 aromatic heterocycles. The van der Waals surface area contributed by atoms with E-state index in [-0.39, 0.29) is 11.8 Å². The molecule has 140 valence electrons. The monoisotopic (exact) mass is 402 g/mol. The Morgan fingerprint density at radius 1 is 1.00 bits per heavy atom. The summed E-state index contributed by atoms with van der Waals surface area (Å²) in [5.41, 5.74) is 2.26. The zero-order valence-electron chi connectivity index (χ0n) is 15.2. The minimum Gasteiger partial charge on any atom is -0.365 e. The first kappa shape index (κ1) is 19.5. The smallest absolute Gasteiger partial charge is 0.277 e. The van der Waals surface area contributed by atoms with E-state index in [9.17, 15) is 9.59 Å². The van der Waals surface area contributed by atoms with Crippen LogP contribution in [0.1, 0.15) is 24.5 Å². The fourth-order valence-electron chi connectivity index (χ4n) is 3.22. The average molecular weight is 403 g/mol. The molecule has 2 aromatic carbocycles. The molecular weight excluding hydrogens is 383 g/mol. The molecule has 2 amide bonds.